The first kappa shape index (κ1) is 39.9. The number of aromatic nitrogens is 1. The molecule has 0 aliphatic heterocycles. The van der Waals surface area contributed by atoms with E-state index in [-0.39, 0.29) is 0 Å². The van der Waals surface area contributed by atoms with Crippen LogP contribution in [-0.4, -0.2) is 4.57 Å². The summed E-state index contributed by atoms with van der Waals surface area (Å²) in [5, 5.41) is 4.55. The molecule has 3 heteroatoms. The highest BCUT2D eigenvalue weighted by Crippen LogP contribution is 2.59. The van der Waals surface area contributed by atoms with Crippen molar-refractivity contribution in [3.05, 3.63) is 289 Å². The van der Waals surface area contributed by atoms with Gasteiger partial charge in [0.2, 0.25) is 0 Å². The van der Waals surface area contributed by atoms with Crippen molar-refractivity contribution in [1.82, 2.24) is 4.57 Å². The third-order valence-corrected chi connectivity index (χ3v) is 14.6. The highest BCUT2D eigenvalue weighted by Gasteiger charge is 2.47. The van der Waals surface area contributed by atoms with E-state index in [1.165, 1.54) is 66.4 Å². The van der Waals surface area contributed by atoms with Gasteiger partial charge >= 0.3 is 0 Å². The lowest BCUT2D eigenvalue weighted by molar-refractivity contribution is 0.669. The average molecular weight is 893 g/mol. The van der Waals surface area contributed by atoms with Gasteiger partial charge in [-0.25, -0.2) is 0 Å². The second kappa shape index (κ2) is 16.0. The summed E-state index contributed by atoms with van der Waals surface area (Å²) >= 11 is 0. The fourth-order valence-corrected chi connectivity index (χ4v) is 11.7. The minimum absolute atomic E-state index is 0.637. The van der Waals surface area contributed by atoms with Crippen LogP contribution in [-0.2, 0) is 5.41 Å². The highest BCUT2D eigenvalue weighted by molar-refractivity contribution is 6.15. The monoisotopic (exact) mass is 892 g/mol. The van der Waals surface area contributed by atoms with Crippen LogP contribution in [0, 0.1) is 0 Å². The van der Waals surface area contributed by atoms with Gasteiger partial charge in [0.05, 0.1) is 27.5 Å². The van der Waals surface area contributed by atoms with Gasteiger partial charge in [-0.2, -0.15) is 0 Å². The maximum absolute atomic E-state index is 6.77. The molecule has 1 atom stereocenters. The number of anilines is 3. The van der Waals surface area contributed by atoms with Crippen LogP contribution in [0.15, 0.2) is 271 Å². The SMILES string of the molecule is c1ccc(-c2ccc3oc4cccc(N(c5cccc(C6(c7ccccc7)c7ccccc7-c7c(-c8ccccc8)cccc76)c5)c5ccc6c7ccccc7n(-c7ccccc7)c6c5)c4c3c2)cc1. The van der Waals surface area contributed by atoms with Gasteiger partial charge in [0, 0.05) is 33.2 Å². The highest BCUT2D eigenvalue weighted by atomic mass is 16.3. The van der Waals surface area contributed by atoms with Gasteiger partial charge in [0.25, 0.3) is 0 Å². The van der Waals surface area contributed by atoms with Crippen LogP contribution in [0.5, 0.6) is 0 Å². The normalized spacial score (nSPS) is 14.1. The molecule has 14 rings (SSSR count). The Balaban J connectivity index is 1.07. The predicted molar refractivity (Wildman–Crippen MR) is 291 cm³/mol. The molecule has 2 aromatic heterocycles. The number of benzene rings is 11. The summed E-state index contributed by atoms with van der Waals surface area (Å²) in [5.74, 6) is 0. The van der Waals surface area contributed by atoms with Crippen molar-refractivity contribution >= 4 is 60.8 Å². The minimum Gasteiger partial charge on any atom is -0.456 e. The van der Waals surface area contributed by atoms with E-state index >= 15 is 0 Å². The third kappa shape index (κ3) is 6.01. The number of fused-ring (bicyclic) bond motifs is 9. The Morgan fingerprint density at radius 1 is 0.357 bits per heavy atom. The van der Waals surface area contributed by atoms with Crippen molar-refractivity contribution in [3.63, 3.8) is 0 Å². The Kier molecular flexibility index (Phi) is 9.11. The largest absolute Gasteiger partial charge is 0.456 e. The van der Waals surface area contributed by atoms with Gasteiger partial charge in [0.1, 0.15) is 11.2 Å². The molecule has 2 heterocycles. The summed E-state index contributed by atoms with van der Waals surface area (Å²) in [4.78, 5) is 2.46. The molecule has 0 N–H and O–H groups in total. The van der Waals surface area contributed by atoms with Crippen molar-refractivity contribution in [2.45, 2.75) is 5.41 Å². The smallest absolute Gasteiger partial charge is 0.137 e. The van der Waals surface area contributed by atoms with Gasteiger partial charge < -0.3 is 13.9 Å². The van der Waals surface area contributed by atoms with Crippen molar-refractivity contribution in [2.75, 3.05) is 4.90 Å². The molecule has 0 radical (unpaired) electrons. The molecule has 3 nitrogen and oxygen atoms in total. The molecule has 0 amide bonds. The van der Waals surface area contributed by atoms with Crippen LogP contribution in [0.4, 0.5) is 17.1 Å². The van der Waals surface area contributed by atoms with Gasteiger partial charge in [0.15, 0.2) is 0 Å². The second-order valence-corrected chi connectivity index (χ2v) is 18.4. The average Bonchev–Trinajstić information content (AvgIpc) is 4.08. The molecule has 1 aliphatic carbocycles. The number of rotatable bonds is 8. The number of furan rings is 1. The Bertz CT molecular complexity index is 4120. The topological polar surface area (TPSA) is 21.3 Å². The summed E-state index contributed by atoms with van der Waals surface area (Å²) < 4.78 is 9.17. The summed E-state index contributed by atoms with van der Waals surface area (Å²) in [7, 11) is 0. The van der Waals surface area contributed by atoms with Crippen LogP contribution in [0.2, 0.25) is 0 Å². The zero-order chi connectivity index (χ0) is 46.2. The Hall–Kier alpha value is -9.18. The lowest BCUT2D eigenvalue weighted by atomic mass is 9.67. The maximum Gasteiger partial charge on any atom is 0.137 e. The predicted octanol–water partition coefficient (Wildman–Crippen LogP) is 17.8. The van der Waals surface area contributed by atoms with Crippen LogP contribution >= 0.6 is 0 Å². The quantitative estimate of drug-likeness (QED) is 0.152. The van der Waals surface area contributed by atoms with Gasteiger partial charge in [-0.15, -0.1) is 0 Å². The van der Waals surface area contributed by atoms with Crippen LogP contribution in [0.1, 0.15) is 22.3 Å². The van der Waals surface area contributed by atoms with Crippen LogP contribution in [0.3, 0.4) is 0 Å². The zero-order valence-corrected chi connectivity index (χ0v) is 38.2. The molecular formula is C67H44N2O. The minimum atomic E-state index is -0.637. The molecule has 0 fully saturated rings. The third-order valence-electron chi connectivity index (χ3n) is 14.6. The van der Waals surface area contributed by atoms with Crippen LogP contribution in [0.25, 0.3) is 82.8 Å². The molecule has 0 spiro atoms. The number of hydrogen-bond donors (Lipinski definition) is 0. The summed E-state index contributed by atoms with van der Waals surface area (Å²) in [6, 6.07) is 97.4. The first-order chi connectivity index (χ1) is 34.7. The van der Waals surface area contributed by atoms with Gasteiger partial charge in [-0.1, -0.05) is 200 Å². The van der Waals surface area contributed by atoms with Crippen molar-refractivity contribution in [1.29, 1.82) is 0 Å². The van der Waals surface area contributed by atoms with E-state index in [1.807, 2.05) is 0 Å². The molecule has 1 unspecified atom stereocenters. The summed E-state index contributed by atoms with van der Waals surface area (Å²) in [5.41, 5.74) is 19.8. The van der Waals surface area contributed by atoms with Crippen LogP contribution < -0.4 is 4.90 Å². The van der Waals surface area contributed by atoms with E-state index in [9.17, 15) is 0 Å². The first-order valence-electron chi connectivity index (χ1n) is 24.1. The van der Waals surface area contributed by atoms with E-state index in [0.29, 0.717) is 0 Å². The molecular weight excluding hydrogens is 849 g/mol. The molecule has 0 bridgehead atoms. The van der Waals surface area contributed by atoms with E-state index < -0.39 is 5.41 Å². The van der Waals surface area contributed by atoms with Crippen molar-refractivity contribution in [3.8, 4) is 39.1 Å². The molecule has 0 saturated carbocycles. The van der Waals surface area contributed by atoms with Gasteiger partial charge in [-0.05, 0) is 122 Å². The molecule has 70 heavy (non-hydrogen) atoms. The molecule has 0 saturated heterocycles. The fourth-order valence-electron chi connectivity index (χ4n) is 11.7. The molecule has 1 aliphatic rings. The van der Waals surface area contributed by atoms with E-state index in [1.54, 1.807) is 0 Å². The second-order valence-electron chi connectivity index (χ2n) is 18.4. The first-order valence-corrected chi connectivity index (χ1v) is 24.1. The van der Waals surface area contributed by atoms with E-state index in [0.717, 1.165) is 55.8 Å². The number of para-hydroxylation sites is 2. The van der Waals surface area contributed by atoms with Gasteiger partial charge in [-0.3, -0.25) is 0 Å². The van der Waals surface area contributed by atoms with Crippen molar-refractivity contribution < 1.29 is 4.42 Å². The van der Waals surface area contributed by atoms with Crippen molar-refractivity contribution in [2.24, 2.45) is 0 Å². The Morgan fingerprint density at radius 2 is 0.986 bits per heavy atom. The lowest BCUT2D eigenvalue weighted by Crippen LogP contribution is -2.29. The Labute approximate surface area is 406 Å². The molecule has 11 aromatic carbocycles. The lowest BCUT2D eigenvalue weighted by Gasteiger charge is -2.35. The number of nitrogens with zero attached hydrogens (tertiary/aromatic N) is 2. The van der Waals surface area contributed by atoms with E-state index in [2.05, 4.69) is 276 Å². The maximum atomic E-state index is 6.77. The molecule has 13 aromatic rings. The Morgan fingerprint density at radius 3 is 1.81 bits per heavy atom. The fraction of sp³-hybridized carbons (Fsp3) is 0.0149. The summed E-state index contributed by atoms with van der Waals surface area (Å²) in [6.07, 6.45) is 0. The number of hydrogen-bond acceptors (Lipinski definition) is 2. The summed E-state index contributed by atoms with van der Waals surface area (Å²) in [6.45, 7) is 0. The standard InChI is InChI=1S/C67H44N2O/c1-5-20-45(21-6-1)47-38-41-63-57(42-47)66-61(36-19-37-64(66)70-63)68(52-39-40-55-54-30-14-16-35-60(54)69(62(55)44-52)50-27-11-4-12-28-50)51-29-17-26-49(43-51)67(48-24-9-3-10-25-48)58-33-15-13-31-56(58)65-53(32-18-34-59(65)67)46-22-7-2-8-23-46/h1-44H. The zero-order valence-electron chi connectivity index (χ0n) is 38.2. The molecule has 328 valence electrons. The van der Waals surface area contributed by atoms with E-state index in [4.69, 9.17) is 4.42 Å².